The topological polar surface area (TPSA) is 80.1 Å². The highest BCUT2D eigenvalue weighted by Gasteiger charge is 2.27. The van der Waals surface area contributed by atoms with Gasteiger partial charge in [0.1, 0.15) is 6.54 Å². The molecule has 0 aliphatic rings. The molecule has 0 amide bonds. The highest BCUT2D eigenvalue weighted by Crippen LogP contribution is 2.13. The van der Waals surface area contributed by atoms with Crippen molar-refractivity contribution < 1.29 is 18.1 Å². The number of rotatable bonds is 9. The number of nitro groups is 1. The summed E-state index contributed by atoms with van der Waals surface area (Å²) >= 11 is 2.87. The molecule has 0 radical (unpaired) electrons. The third kappa shape index (κ3) is 9.13. The minimum atomic E-state index is -4.43. The quantitative estimate of drug-likeness (QED) is 0.407. The Balaban J connectivity index is 2.27. The van der Waals surface area contributed by atoms with Crippen LogP contribution in [0.3, 0.4) is 0 Å². The highest BCUT2D eigenvalue weighted by atomic mass is 32.2. The Morgan fingerprint density at radius 1 is 1.52 bits per heavy atom. The van der Waals surface area contributed by atoms with Gasteiger partial charge in [-0.25, -0.2) is 0 Å². The highest BCUT2D eigenvalue weighted by molar-refractivity contribution is 7.98. The van der Waals surface area contributed by atoms with Crippen LogP contribution in [0.2, 0.25) is 0 Å². The molecule has 0 spiro atoms. The molecule has 118 valence electrons. The van der Waals surface area contributed by atoms with Gasteiger partial charge in [-0.1, -0.05) is 0 Å². The van der Waals surface area contributed by atoms with E-state index < -0.39 is 17.6 Å². The Bertz CT molecular complexity index is 465. The molecule has 1 aromatic heterocycles. The SMILES string of the molecule is O=[N+]([O-])C=C(NCCSCc1ccsn1)NCC(F)(F)F. The normalized spacial score (nSPS) is 12.2. The number of halogens is 3. The van der Waals surface area contributed by atoms with Crippen molar-refractivity contribution in [3.05, 3.63) is 39.3 Å². The summed E-state index contributed by atoms with van der Waals surface area (Å²) in [6, 6.07) is 1.88. The van der Waals surface area contributed by atoms with E-state index in [1.807, 2.05) is 16.8 Å². The summed E-state index contributed by atoms with van der Waals surface area (Å²) in [5, 5.41) is 16.7. The van der Waals surface area contributed by atoms with Crippen LogP contribution in [0.15, 0.2) is 23.5 Å². The lowest BCUT2D eigenvalue weighted by atomic mass is 10.5. The Labute approximate surface area is 127 Å². The monoisotopic (exact) mass is 342 g/mol. The zero-order chi connectivity index (χ0) is 15.7. The molecule has 0 fully saturated rings. The van der Waals surface area contributed by atoms with E-state index in [0.29, 0.717) is 24.3 Å². The Morgan fingerprint density at radius 2 is 2.29 bits per heavy atom. The van der Waals surface area contributed by atoms with Crippen molar-refractivity contribution in [1.29, 1.82) is 0 Å². The Kier molecular flexibility index (Phi) is 7.29. The first-order valence-corrected chi connectivity index (χ1v) is 7.73. The van der Waals surface area contributed by atoms with Crippen LogP contribution in [0.25, 0.3) is 0 Å². The van der Waals surface area contributed by atoms with Crippen LogP contribution >= 0.6 is 23.3 Å². The number of nitrogens with one attached hydrogen (secondary N) is 2. The lowest BCUT2D eigenvalue weighted by molar-refractivity contribution is -0.404. The summed E-state index contributed by atoms with van der Waals surface area (Å²) in [5.74, 6) is 1.02. The fourth-order valence-corrected chi connectivity index (χ4v) is 2.58. The van der Waals surface area contributed by atoms with Gasteiger partial charge in [0.15, 0.2) is 5.82 Å². The van der Waals surface area contributed by atoms with Crippen LogP contribution in [0.5, 0.6) is 0 Å². The lowest BCUT2D eigenvalue weighted by Crippen LogP contribution is -2.35. The van der Waals surface area contributed by atoms with Crippen LogP contribution in [-0.2, 0) is 5.75 Å². The Morgan fingerprint density at radius 3 is 2.86 bits per heavy atom. The van der Waals surface area contributed by atoms with Crippen molar-refractivity contribution >= 4 is 23.3 Å². The van der Waals surface area contributed by atoms with E-state index in [-0.39, 0.29) is 5.82 Å². The van der Waals surface area contributed by atoms with Gasteiger partial charge in [0.25, 0.3) is 6.20 Å². The molecule has 0 saturated carbocycles. The molecule has 6 nitrogen and oxygen atoms in total. The minimum Gasteiger partial charge on any atom is -0.366 e. The third-order valence-corrected chi connectivity index (χ3v) is 3.61. The molecule has 0 aliphatic heterocycles. The number of hydrogen-bond acceptors (Lipinski definition) is 7. The van der Waals surface area contributed by atoms with Gasteiger partial charge in [0.05, 0.1) is 10.6 Å². The first-order chi connectivity index (χ1) is 9.87. The van der Waals surface area contributed by atoms with Crippen molar-refractivity contribution in [1.82, 2.24) is 15.0 Å². The zero-order valence-corrected chi connectivity index (χ0v) is 12.4. The fraction of sp³-hybridized carbons (Fsp3) is 0.500. The molecule has 0 atom stereocenters. The second-order valence-electron chi connectivity index (χ2n) is 3.77. The van der Waals surface area contributed by atoms with Crippen molar-refractivity contribution in [2.75, 3.05) is 18.8 Å². The van der Waals surface area contributed by atoms with Gasteiger partial charge in [0.2, 0.25) is 0 Å². The second kappa shape index (κ2) is 8.72. The zero-order valence-electron chi connectivity index (χ0n) is 10.7. The van der Waals surface area contributed by atoms with Crippen LogP contribution in [0, 0.1) is 10.1 Å². The van der Waals surface area contributed by atoms with Crippen LogP contribution in [-0.4, -0.2) is 34.3 Å². The summed E-state index contributed by atoms with van der Waals surface area (Å²) < 4.78 is 40.3. The molecule has 0 bridgehead atoms. The second-order valence-corrected chi connectivity index (χ2v) is 5.54. The summed E-state index contributed by atoms with van der Waals surface area (Å²) in [4.78, 5) is 9.52. The van der Waals surface area contributed by atoms with E-state index in [0.717, 1.165) is 5.69 Å². The van der Waals surface area contributed by atoms with E-state index in [4.69, 9.17) is 0 Å². The number of aromatic nitrogens is 1. The Hall–Kier alpha value is -1.49. The molecule has 21 heavy (non-hydrogen) atoms. The van der Waals surface area contributed by atoms with Crippen LogP contribution < -0.4 is 10.6 Å². The van der Waals surface area contributed by atoms with Crippen molar-refractivity contribution in [3.63, 3.8) is 0 Å². The average molecular weight is 342 g/mol. The molecule has 2 N–H and O–H groups in total. The van der Waals surface area contributed by atoms with E-state index in [1.54, 1.807) is 0 Å². The maximum atomic E-state index is 12.1. The lowest BCUT2D eigenvalue weighted by Gasteiger charge is -2.12. The number of hydrogen-bond donors (Lipinski definition) is 2. The molecular formula is C10H13F3N4O2S2. The molecular weight excluding hydrogens is 329 g/mol. The predicted molar refractivity (Wildman–Crippen MR) is 75.4 cm³/mol. The minimum absolute atomic E-state index is 0.258. The third-order valence-electron chi connectivity index (χ3n) is 2.02. The van der Waals surface area contributed by atoms with Crippen molar-refractivity contribution in [2.24, 2.45) is 0 Å². The van der Waals surface area contributed by atoms with Gasteiger partial charge in [-0.05, 0) is 17.6 Å². The van der Waals surface area contributed by atoms with Gasteiger partial charge < -0.3 is 10.6 Å². The number of thioether (sulfide) groups is 1. The molecule has 0 aliphatic carbocycles. The fourth-order valence-electron chi connectivity index (χ4n) is 1.20. The summed E-state index contributed by atoms with van der Waals surface area (Å²) in [6.45, 7) is -1.02. The number of nitrogens with zero attached hydrogens (tertiary/aromatic N) is 2. The van der Waals surface area contributed by atoms with Gasteiger partial charge in [-0.3, -0.25) is 10.1 Å². The molecule has 11 heteroatoms. The number of alkyl halides is 3. The van der Waals surface area contributed by atoms with Gasteiger partial charge in [-0.15, -0.1) is 0 Å². The molecule has 0 aromatic carbocycles. The average Bonchev–Trinajstić information content (AvgIpc) is 2.86. The van der Waals surface area contributed by atoms with Crippen LogP contribution in [0.4, 0.5) is 13.2 Å². The van der Waals surface area contributed by atoms with Crippen LogP contribution in [0.1, 0.15) is 5.69 Å². The molecule has 1 aromatic rings. The first kappa shape index (κ1) is 17.6. The largest absolute Gasteiger partial charge is 0.405 e. The predicted octanol–water partition coefficient (Wildman–Crippen LogP) is 2.19. The van der Waals surface area contributed by atoms with Crippen molar-refractivity contribution in [2.45, 2.75) is 11.9 Å². The molecule has 0 unspecified atom stereocenters. The van der Waals surface area contributed by atoms with Gasteiger partial charge in [0, 0.05) is 23.4 Å². The first-order valence-electron chi connectivity index (χ1n) is 5.73. The van der Waals surface area contributed by atoms with Gasteiger partial charge >= 0.3 is 6.18 Å². The summed E-state index contributed by atoms with van der Waals surface area (Å²) in [6.07, 6.45) is -3.95. The summed E-state index contributed by atoms with van der Waals surface area (Å²) in [7, 11) is 0. The smallest absolute Gasteiger partial charge is 0.366 e. The maximum Gasteiger partial charge on any atom is 0.405 e. The van der Waals surface area contributed by atoms with Gasteiger partial charge in [-0.2, -0.15) is 29.3 Å². The standard InChI is InChI=1S/C10H13F3N4O2S2/c11-10(12,13)7-15-9(5-17(18)19)14-2-4-20-6-8-1-3-21-16-8/h1,3,5,14-15H,2,4,6-7H2. The van der Waals surface area contributed by atoms with E-state index in [1.165, 1.54) is 23.3 Å². The molecule has 1 heterocycles. The maximum absolute atomic E-state index is 12.1. The molecule has 0 saturated heterocycles. The van der Waals surface area contributed by atoms with Crippen molar-refractivity contribution in [3.8, 4) is 0 Å². The van der Waals surface area contributed by atoms with E-state index in [9.17, 15) is 23.3 Å². The summed E-state index contributed by atoms with van der Waals surface area (Å²) in [5.41, 5.74) is 0.932. The molecule has 1 rings (SSSR count). The van der Waals surface area contributed by atoms with E-state index >= 15 is 0 Å². The van der Waals surface area contributed by atoms with E-state index in [2.05, 4.69) is 9.69 Å².